The SMILES string of the molecule is CCS(=O)(=O)c1c(N)nsc1NCc1cncs1. The maximum absolute atomic E-state index is 11.9. The molecule has 0 aliphatic rings. The number of hydrogen-bond donors (Lipinski definition) is 2. The molecule has 0 bridgehead atoms. The smallest absolute Gasteiger partial charge is 0.184 e. The highest BCUT2D eigenvalue weighted by molar-refractivity contribution is 7.91. The van der Waals surface area contributed by atoms with Gasteiger partial charge in [-0.25, -0.2) is 8.42 Å². The topological polar surface area (TPSA) is 98.0 Å². The van der Waals surface area contributed by atoms with Gasteiger partial charge in [0.2, 0.25) is 0 Å². The molecule has 0 spiro atoms. The van der Waals surface area contributed by atoms with Crippen LogP contribution in [0.3, 0.4) is 0 Å². The van der Waals surface area contributed by atoms with Gasteiger partial charge < -0.3 is 11.1 Å². The van der Waals surface area contributed by atoms with E-state index in [2.05, 4.69) is 14.7 Å². The van der Waals surface area contributed by atoms with Crippen LogP contribution in [0.25, 0.3) is 0 Å². The first-order valence-corrected chi connectivity index (χ1v) is 8.44. The van der Waals surface area contributed by atoms with Gasteiger partial charge in [-0.2, -0.15) is 4.37 Å². The Morgan fingerprint density at radius 1 is 1.50 bits per heavy atom. The maximum Gasteiger partial charge on any atom is 0.184 e. The molecule has 6 nitrogen and oxygen atoms in total. The summed E-state index contributed by atoms with van der Waals surface area (Å²) in [5.74, 6) is 0.0684. The quantitative estimate of drug-likeness (QED) is 0.870. The van der Waals surface area contributed by atoms with E-state index in [1.165, 1.54) is 11.3 Å². The second-order valence-corrected chi connectivity index (χ2v) is 7.41. The zero-order valence-corrected chi connectivity index (χ0v) is 12.0. The first-order chi connectivity index (χ1) is 8.54. The van der Waals surface area contributed by atoms with Crippen molar-refractivity contribution in [2.24, 2.45) is 0 Å². The van der Waals surface area contributed by atoms with Gasteiger partial charge in [0.15, 0.2) is 15.7 Å². The number of aromatic nitrogens is 2. The van der Waals surface area contributed by atoms with Crippen molar-refractivity contribution in [1.82, 2.24) is 9.36 Å². The lowest BCUT2D eigenvalue weighted by molar-refractivity contribution is 0.598. The first-order valence-electron chi connectivity index (χ1n) is 5.13. The van der Waals surface area contributed by atoms with Gasteiger partial charge in [-0.3, -0.25) is 4.98 Å². The van der Waals surface area contributed by atoms with Crippen molar-refractivity contribution >= 4 is 43.5 Å². The minimum absolute atomic E-state index is 0.00481. The molecule has 2 aromatic heterocycles. The van der Waals surface area contributed by atoms with Gasteiger partial charge in [0, 0.05) is 11.1 Å². The Hall–Kier alpha value is -1.19. The molecule has 0 fully saturated rings. The van der Waals surface area contributed by atoms with Gasteiger partial charge in [-0.05, 0) is 11.5 Å². The molecule has 0 unspecified atom stereocenters. The lowest BCUT2D eigenvalue weighted by Gasteiger charge is -2.05. The fourth-order valence-electron chi connectivity index (χ4n) is 1.35. The minimum atomic E-state index is -3.36. The Balaban J connectivity index is 2.24. The van der Waals surface area contributed by atoms with E-state index >= 15 is 0 Å². The van der Waals surface area contributed by atoms with Crippen LogP contribution in [0.15, 0.2) is 16.6 Å². The van der Waals surface area contributed by atoms with E-state index in [4.69, 9.17) is 5.73 Å². The summed E-state index contributed by atoms with van der Waals surface area (Å²) in [6.07, 6.45) is 1.73. The van der Waals surface area contributed by atoms with E-state index in [1.54, 1.807) is 18.6 Å². The molecule has 2 heterocycles. The number of sulfone groups is 1. The molecular formula is C9H12N4O2S3. The van der Waals surface area contributed by atoms with Crippen molar-refractivity contribution in [2.45, 2.75) is 18.4 Å². The summed E-state index contributed by atoms with van der Waals surface area (Å²) in [7, 11) is -3.36. The van der Waals surface area contributed by atoms with E-state index < -0.39 is 9.84 Å². The normalized spacial score (nSPS) is 11.6. The molecule has 0 atom stereocenters. The average Bonchev–Trinajstić information content (AvgIpc) is 2.95. The highest BCUT2D eigenvalue weighted by Crippen LogP contribution is 2.32. The molecule has 18 heavy (non-hydrogen) atoms. The second kappa shape index (κ2) is 5.21. The number of thiazole rings is 1. The van der Waals surface area contributed by atoms with Crippen molar-refractivity contribution < 1.29 is 8.42 Å². The molecule has 0 saturated carbocycles. The predicted molar refractivity (Wildman–Crippen MR) is 73.7 cm³/mol. The van der Waals surface area contributed by atoms with Gasteiger partial charge in [0.05, 0.1) is 17.8 Å². The summed E-state index contributed by atoms with van der Waals surface area (Å²) < 4.78 is 27.7. The summed E-state index contributed by atoms with van der Waals surface area (Å²) in [4.78, 5) is 5.08. The fourth-order valence-corrected chi connectivity index (χ4v) is 4.05. The van der Waals surface area contributed by atoms with Gasteiger partial charge in [0.1, 0.15) is 9.90 Å². The monoisotopic (exact) mass is 304 g/mol. The van der Waals surface area contributed by atoms with Gasteiger partial charge >= 0.3 is 0 Å². The predicted octanol–water partition coefficient (Wildman–Crippen LogP) is 1.59. The number of rotatable bonds is 5. The van der Waals surface area contributed by atoms with E-state index in [9.17, 15) is 8.42 Å². The number of nitrogen functional groups attached to an aromatic ring is 1. The molecule has 3 N–H and O–H groups in total. The molecule has 2 rings (SSSR count). The third kappa shape index (κ3) is 2.62. The van der Waals surface area contributed by atoms with Crippen molar-refractivity contribution in [3.05, 3.63) is 16.6 Å². The summed E-state index contributed by atoms with van der Waals surface area (Å²) in [6.45, 7) is 2.10. The largest absolute Gasteiger partial charge is 0.382 e. The lowest BCUT2D eigenvalue weighted by Crippen LogP contribution is -2.09. The lowest BCUT2D eigenvalue weighted by atomic mass is 10.5. The zero-order valence-electron chi connectivity index (χ0n) is 9.58. The van der Waals surface area contributed by atoms with Gasteiger partial charge in [-0.1, -0.05) is 6.92 Å². The number of hydrogen-bond acceptors (Lipinski definition) is 8. The zero-order chi connectivity index (χ0) is 13.2. The molecule has 98 valence electrons. The van der Waals surface area contributed by atoms with Crippen molar-refractivity contribution in [1.29, 1.82) is 0 Å². The molecule has 9 heteroatoms. The summed E-state index contributed by atoms with van der Waals surface area (Å²) in [5, 5.41) is 3.53. The highest BCUT2D eigenvalue weighted by Gasteiger charge is 2.23. The molecule has 0 aliphatic heterocycles. The second-order valence-electron chi connectivity index (χ2n) is 3.45. The Kier molecular flexibility index (Phi) is 3.83. The van der Waals surface area contributed by atoms with Crippen molar-refractivity contribution in [3.63, 3.8) is 0 Å². The average molecular weight is 304 g/mol. The van der Waals surface area contributed by atoms with E-state index in [-0.39, 0.29) is 16.5 Å². The molecule has 0 saturated heterocycles. The van der Waals surface area contributed by atoms with Crippen LogP contribution in [0.2, 0.25) is 0 Å². The van der Waals surface area contributed by atoms with E-state index in [1.807, 2.05) is 0 Å². The van der Waals surface area contributed by atoms with Crippen LogP contribution in [0, 0.1) is 0 Å². The molecule has 0 radical (unpaired) electrons. The molecule has 0 aliphatic carbocycles. The fraction of sp³-hybridized carbons (Fsp3) is 0.333. The van der Waals surface area contributed by atoms with Crippen LogP contribution in [0.4, 0.5) is 10.8 Å². The minimum Gasteiger partial charge on any atom is -0.382 e. The van der Waals surface area contributed by atoms with Crippen LogP contribution in [-0.2, 0) is 16.4 Å². The third-order valence-electron chi connectivity index (χ3n) is 2.27. The Morgan fingerprint density at radius 3 is 2.89 bits per heavy atom. The Labute approximate surface area is 113 Å². The third-order valence-corrected chi connectivity index (χ3v) is 5.80. The van der Waals surface area contributed by atoms with Crippen LogP contribution in [-0.4, -0.2) is 23.5 Å². The molecule has 2 aromatic rings. The van der Waals surface area contributed by atoms with E-state index in [0.29, 0.717) is 11.5 Å². The number of anilines is 2. The first kappa shape index (κ1) is 13.2. The van der Waals surface area contributed by atoms with Crippen LogP contribution >= 0.6 is 22.9 Å². The Bertz CT molecular complexity index is 618. The number of nitrogens with zero attached hydrogens (tertiary/aromatic N) is 2. The van der Waals surface area contributed by atoms with Crippen LogP contribution < -0.4 is 11.1 Å². The van der Waals surface area contributed by atoms with E-state index in [0.717, 1.165) is 16.4 Å². The molecule has 0 aromatic carbocycles. The number of nitrogens with one attached hydrogen (secondary N) is 1. The standard InChI is InChI=1S/C9H12N4O2S3/c1-2-18(14,15)7-8(10)13-17-9(7)12-4-6-3-11-5-16-6/h3,5,12H,2,4H2,1H3,(H2,10,13). The van der Waals surface area contributed by atoms with Crippen LogP contribution in [0.1, 0.15) is 11.8 Å². The molecular weight excluding hydrogens is 292 g/mol. The molecule has 0 amide bonds. The summed E-state index contributed by atoms with van der Waals surface area (Å²) in [5.41, 5.74) is 7.35. The Morgan fingerprint density at radius 2 is 2.28 bits per heavy atom. The number of nitrogens with two attached hydrogens (primary N) is 1. The summed E-state index contributed by atoms with van der Waals surface area (Å²) >= 11 is 2.56. The van der Waals surface area contributed by atoms with Crippen molar-refractivity contribution in [3.8, 4) is 0 Å². The highest BCUT2D eigenvalue weighted by atomic mass is 32.2. The summed E-state index contributed by atoms with van der Waals surface area (Å²) in [6, 6.07) is 0. The van der Waals surface area contributed by atoms with Gasteiger partial charge in [-0.15, -0.1) is 11.3 Å². The van der Waals surface area contributed by atoms with Crippen molar-refractivity contribution in [2.75, 3.05) is 16.8 Å². The maximum atomic E-state index is 11.9. The van der Waals surface area contributed by atoms with Crippen LogP contribution in [0.5, 0.6) is 0 Å². The van der Waals surface area contributed by atoms with Gasteiger partial charge in [0.25, 0.3) is 0 Å².